The first-order chi connectivity index (χ1) is 7.19. The average molecular weight is 213 g/mol. The monoisotopic (exact) mass is 213 g/mol. The van der Waals surface area contributed by atoms with Gasteiger partial charge in [-0.25, -0.2) is 0 Å². The van der Waals surface area contributed by atoms with E-state index in [1.54, 1.807) is 0 Å². The van der Waals surface area contributed by atoms with Gasteiger partial charge in [-0.1, -0.05) is 26.7 Å². The summed E-state index contributed by atoms with van der Waals surface area (Å²) < 4.78 is 0. The Labute approximate surface area is 94.7 Å². The van der Waals surface area contributed by atoms with Gasteiger partial charge in [-0.2, -0.15) is 0 Å². The molecule has 0 aromatic heterocycles. The van der Waals surface area contributed by atoms with Crippen LogP contribution >= 0.6 is 0 Å². The zero-order chi connectivity index (χ0) is 11.3. The van der Waals surface area contributed by atoms with Gasteiger partial charge in [0.2, 0.25) is 0 Å². The quantitative estimate of drug-likeness (QED) is 0.759. The second-order valence-electron chi connectivity index (χ2n) is 4.96. The van der Waals surface area contributed by atoms with Gasteiger partial charge in [0.25, 0.3) is 0 Å². The van der Waals surface area contributed by atoms with Crippen molar-refractivity contribution in [2.75, 3.05) is 13.1 Å². The third-order valence-electron chi connectivity index (χ3n) is 3.94. The minimum Gasteiger partial charge on any atom is -0.393 e. The van der Waals surface area contributed by atoms with E-state index < -0.39 is 0 Å². The van der Waals surface area contributed by atoms with Gasteiger partial charge in [0, 0.05) is 19.1 Å². The van der Waals surface area contributed by atoms with E-state index in [1.165, 1.54) is 19.3 Å². The van der Waals surface area contributed by atoms with Crippen molar-refractivity contribution >= 4 is 0 Å². The second kappa shape index (κ2) is 6.49. The van der Waals surface area contributed by atoms with Gasteiger partial charge in [0.05, 0.1) is 6.10 Å². The molecule has 1 N–H and O–H groups in total. The van der Waals surface area contributed by atoms with Crippen LogP contribution in [-0.2, 0) is 0 Å². The van der Waals surface area contributed by atoms with Crippen LogP contribution in [0.25, 0.3) is 0 Å². The Morgan fingerprint density at radius 1 is 1.27 bits per heavy atom. The van der Waals surface area contributed by atoms with Crippen molar-refractivity contribution in [3.05, 3.63) is 0 Å². The molecular weight excluding hydrogens is 186 g/mol. The number of aliphatic hydroxyl groups excluding tert-OH is 1. The van der Waals surface area contributed by atoms with Crippen molar-refractivity contribution in [1.29, 1.82) is 0 Å². The van der Waals surface area contributed by atoms with Gasteiger partial charge < -0.3 is 10.0 Å². The smallest absolute Gasteiger partial charge is 0.0564 e. The lowest BCUT2D eigenvalue weighted by Gasteiger charge is -2.38. The van der Waals surface area contributed by atoms with E-state index in [0.717, 1.165) is 31.8 Å². The van der Waals surface area contributed by atoms with Crippen LogP contribution in [0.1, 0.15) is 52.9 Å². The Hall–Kier alpha value is -0.0800. The molecule has 2 unspecified atom stereocenters. The van der Waals surface area contributed by atoms with Crippen LogP contribution in [0.5, 0.6) is 0 Å². The molecule has 1 fully saturated rings. The number of likely N-dealkylation sites (tertiary alicyclic amines) is 1. The fraction of sp³-hybridized carbons (Fsp3) is 1.00. The first-order valence-corrected chi connectivity index (χ1v) is 6.61. The Balaban J connectivity index is 2.40. The molecule has 0 spiro atoms. The third-order valence-corrected chi connectivity index (χ3v) is 3.94. The molecule has 15 heavy (non-hydrogen) atoms. The largest absolute Gasteiger partial charge is 0.393 e. The van der Waals surface area contributed by atoms with Crippen LogP contribution in [0.4, 0.5) is 0 Å². The standard InChI is InChI=1S/C13H27NO/c1-4-6-12(5-2)11(3)14-9-7-13(15)8-10-14/h11-13,15H,4-10H2,1-3H3. The predicted molar refractivity (Wildman–Crippen MR) is 65.0 cm³/mol. The highest BCUT2D eigenvalue weighted by Gasteiger charge is 2.25. The van der Waals surface area contributed by atoms with Crippen molar-refractivity contribution < 1.29 is 5.11 Å². The molecule has 1 aliphatic heterocycles. The SMILES string of the molecule is CCCC(CC)C(C)N1CCC(O)CC1. The highest BCUT2D eigenvalue weighted by atomic mass is 16.3. The first kappa shape index (κ1) is 13.0. The Kier molecular flexibility index (Phi) is 5.62. The predicted octanol–water partition coefficient (Wildman–Crippen LogP) is 2.66. The maximum atomic E-state index is 9.48. The van der Waals surface area contributed by atoms with Crippen LogP contribution in [-0.4, -0.2) is 35.2 Å². The van der Waals surface area contributed by atoms with E-state index in [0.29, 0.717) is 6.04 Å². The van der Waals surface area contributed by atoms with E-state index >= 15 is 0 Å². The number of hydrogen-bond acceptors (Lipinski definition) is 2. The molecule has 90 valence electrons. The Morgan fingerprint density at radius 2 is 1.87 bits per heavy atom. The molecule has 1 aliphatic rings. The molecule has 0 saturated carbocycles. The molecule has 0 radical (unpaired) electrons. The zero-order valence-corrected chi connectivity index (χ0v) is 10.6. The molecule has 0 aromatic rings. The highest BCUT2D eigenvalue weighted by Crippen LogP contribution is 2.23. The first-order valence-electron chi connectivity index (χ1n) is 6.61. The van der Waals surface area contributed by atoms with Crippen molar-refractivity contribution in [2.24, 2.45) is 5.92 Å². The molecule has 2 nitrogen and oxygen atoms in total. The van der Waals surface area contributed by atoms with E-state index in [-0.39, 0.29) is 6.10 Å². The average Bonchev–Trinajstić information content (AvgIpc) is 2.26. The molecule has 1 saturated heterocycles. The maximum Gasteiger partial charge on any atom is 0.0564 e. The summed E-state index contributed by atoms with van der Waals surface area (Å²) in [5, 5.41) is 9.48. The van der Waals surface area contributed by atoms with Crippen LogP contribution in [0.3, 0.4) is 0 Å². The molecule has 0 bridgehead atoms. The van der Waals surface area contributed by atoms with Gasteiger partial charge in [-0.3, -0.25) is 0 Å². The van der Waals surface area contributed by atoms with Gasteiger partial charge >= 0.3 is 0 Å². The summed E-state index contributed by atoms with van der Waals surface area (Å²) in [4.78, 5) is 2.57. The van der Waals surface area contributed by atoms with Crippen LogP contribution in [0.15, 0.2) is 0 Å². The van der Waals surface area contributed by atoms with E-state index in [4.69, 9.17) is 0 Å². The number of hydrogen-bond donors (Lipinski definition) is 1. The summed E-state index contributed by atoms with van der Waals surface area (Å²) in [5.41, 5.74) is 0. The topological polar surface area (TPSA) is 23.5 Å². The van der Waals surface area contributed by atoms with Crippen molar-refractivity contribution in [3.8, 4) is 0 Å². The normalized spacial score (nSPS) is 24.0. The van der Waals surface area contributed by atoms with Crippen molar-refractivity contribution in [3.63, 3.8) is 0 Å². The van der Waals surface area contributed by atoms with Gasteiger partial charge in [-0.15, -0.1) is 0 Å². The van der Waals surface area contributed by atoms with E-state index in [9.17, 15) is 5.11 Å². The minimum atomic E-state index is -0.0419. The fourth-order valence-electron chi connectivity index (χ4n) is 2.75. The second-order valence-corrected chi connectivity index (χ2v) is 4.96. The molecule has 1 heterocycles. The molecule has 0 aromatic carbocycles. The Bertz CT molecular complexity index is 164. The van der Waals surface area contributed by atoms with Crippen molar-refractivity contribution in [1.82, 2.24) is 4.90 Å². The molecule has 2 atom stereocenters. The summed E-state index contributed by atoms with van der Waals surface area (Å²) >= 11 is 0. The summed E-state index contributed by atoms with van der Waals surface area (Å²) in [6, 6.07) is 0.697. The van der Waals surface area contributed by atoms with Crippen LogP contribution in [0, 0.1) is 5.92 Å². The lowest BCUT2D eigenvalue weighted by atomic mass is 9.91. The van der Waals surface area contributed by atoms with Crippen LogP contribution in [0.2, 0.25) is 0 Å². The zero-order valence-electron chi connectivity index (χ0n) is 10.6. The van der Waals surface area contributed by atoms with Crippen LogP contribution < -0.4 is 0 Å². The molecule has 2 heteroatoms. The lowest BCUT2D eigenvalue weighted by Crippen LogP contribution is -2.44. The molecule has 0 aliphatic carbocycles. The molecule has 1 rings (SSSR count). The number of rotatable bonds is 5. The van der Waals surface area contributed by atoms with Gasteiger partial charge in [0.15, 0.2) is 0 Å². The third kappa shape index (κ3) is 3.76. The van der Waals surface area contributed by atoms with Gasteiger partial charge in [-0.05, 0) is 32.1 Å². The molecule has 0 amide bonds. The summed E-state index contributed by atoms with van der Waals surface area (Å²) in [6.45, 7) is 9.11. The van der Waals surface area contributed by atoms with E-state index in [2.05, 4.69) is 25.7 Å². The summed E-state index contributed by atoms with van der Waals surface area (Å²) in [6.07, 6.45) is 5.81. The minimum absolute atomic E-state index is 0.0419. The van der Waals surface area contributed by atoms with Crippen molar-refractivity contribution in [2.45, 2.75) is 65.0 Å². The number of aliphatic hydroxyl groups is 1. The highest BCUT2D eigenvalue weighted by molar-refractivity contribution is 4.79. The molecular formula is C13H27NO. The number of nitrogens with zero attached hydrogens (tertiary/aromatic N) is 1. The fourth-order valence-corrected chi connectivity index (χ4v) is 2.75. The van der Waals surface area contributed by atoms with Gasteiger partial charge in [0.1, 0.15) is 0 Å². The lowest BCUT2D eigenvalue weighted by molar-refractivity contribution is 0.0469. The maximum absolute atomic E-state index is 9.48. The summed E-state index contributed by atoms with van der Waals surface area (Å²) in [7, 11) is 0. The Morgan fingerprint density at radius 3 is 2.33 bits per heavy atom. The van der Waals surface area contributed by atoms with E-state index in [1.807, 2.05) is 0 Å². The number of piperidine rings is 1. The summed E-state index contributed by atoms with van der Waals surface area (Å²) in [5.74, 6) is 0.838.